The van der Waals surface area contributed by atoms with Crippen LogP contribution in [0.5, 0.6) is 0 Å². The lowest BCUT2D eigenvalue weighted by Crippen LogP contribution is -2.62. The zero-order chi connectivity index (χ0) is 13.4. The van der Waals surface area contributed by atoms with Crippen molar-refractivity contribution in [1.82, 2.24) is 14.9 Å². The Morgan fingerprint density at radius 2 is 1.79 bits per heavy atom. The zero-order valence-electron chi connectivity index (χ0n) is 12.3. The molecule has 104 valence electrons. The van der Waals surface area contributed by atoms with E-state index < -0.39 is 0 Å². The van der Waals surface area contributed by atoms with Crippen LogP contribution in [0.25, 0.3) is 0 Å². The molecule has 4 nitrogen and oxygen atoms in total. The molecule has 0 spiro atoms. The van der Waals surface area contributed by atoms with Gasteiger partial charge in [-0.3, -0.25) is 4.90 Å². The molecule has 4 heteroatoms. The second-order valence-corrected chi connectivity index (χ2v) is 6.09. The summed E-state index contributed by atoms with van der Waals surface area (Å²) in [7, 11) is 0. The third-order valence-corrected chi connectivity index (χ3v) is 4.44. The van der Waals surface area contributed by atoms with Crippen LogP contribution in [0.2, 0.25) is 0 Å². The molecule has 3 rings (SSSR count). The van der Waals surface area contributed by atoms with Gasteiger partial charge in [0.2, 0.25) is 5.95 Å². The summed E-state index contributed by atoms with van der Waals surface area (Å²) in [5.41, 5.74) is 2.13. The van der Waals surface area contributed by atoms with Crippen LogP contribution in [-0.2, 0) is 0 Å². The van der Waals surface area contributed by atoms with E-state index in [2.05, 4.69) is 26.7 Å². The molecule has 0 N–H and O–H groups in total. The van der Waals surface area contributed by atoms with Crippen LogP contribution in [0.15, 0.2) is 6.07 Å². The number of rotatable bonds is 2. The van der Waals surface area contributed by atoms with Crippen LogP contribution >= 0.6 is 0 Å². The summed E-state index contributed by atoms with van der Waals surface area (Å²) < 4.78 is 0. The smallest absolute Gasteiger partial charge is 0.225 e. The van der Waals surface area contributed by atoms with Gasteiger partial charge in [-0.25, -0.2) is 9.97 Å². The van der Waals surface area contributed by atoms with Gasteiger partial charge in [-0.1, -0.05) is 6.42 Å². The summed E-state index contributed by atoms with van der Waals surface area (Å²) in [6, 6.07) is 3.49. The number of nitrogens with zero attached hydrogens (tertiary/aromatic N) is 4. The second-order valence-electron chi connectivity index (χ2n) is 6.09. The van der Waals surface area contributed by atoms with Crippen LogP contribution in [-0.4, -0.2) is 46.6 Å². The molecule has 1 aromatic rings. The van der Waals surface area contributed by atoms with Gasteiger partial charge in [-0.2, -0.15) is 0 Å². The van der Waals surface area contributed by atoms with Gasteiger partial charge in [0.1, 0.15) is 0 Å². The van der Waals surface area contributed by atoms with Crippen molar-refractivity contribution in [2.45, 2.75) is 52.1 Å². The van der Waals surface area contributed by atoms with Crippen LogP contribution in [0.4, 0.5) is 5.95 Å². The minimum absolute atomic E-state index is 0.708. The monoisotopic (exact) mass is 260 g/mol. The normalized spacial score (nSPS) is 25.4. The van der Waals surface area contributed by atoms with Crippen molar-refractivity contribution < 1.29 is 0 Å². The first-order chi connectivity index (χ1) is 9.13. The number of likely N-dealkylation sites (tertiary alicyclic amines) is 1. The first kappa shape index (κ1) is 12.9. The van der Waals surface area contributed by atoms with Crippen molar-refractivity contribution >= 4 is 5.95 Å². The van der Waals surface area contributed by atoms with Crippen molar-refractivity contribution in [3.8, 4) is 0 Å². The maximum absolute atomic E-state index is 4.55. The standard InChI is InChI=1S/C15H24N4/c1-11-8-12(2)17-15(16-11)18-9-14(10-18)19-7-5-4-6-13(19)3/h8,13-14H,4-7,9-10H2,1-3H3. The summed E-state index contributed by atoms with van der Waals surface area (Å²) in [6.45, 7) is 9.91. The molecule has 0 radical (unpaired) electrons. The van der Waals surface area contributed by atoms with Crippen LogP contribution in [0.3, 0.4) is 0 Å². The van der Waals surface area contributed by atoms with Gasteiger partial charge >= 0.3 is 0 Å². The maximum Gasteiger partial charge on any atom is 0.225 e. The molecule has 3 heterocycles. The van der Waals surface area contributed by atoms with Crippen molar-refractivity contribution in [3.05, 3.63) is 17.5 Å². The van der Waals surface area contributed by atoms with Gasteiger partial charge in [0.15, 0.2) is 0 Å². The minimum atomic E-state index is 0.708. The molecule has 1 atom stereocenters. The predicted molar refractivity (Wildman–Crippen MR) is 77.5 cm³/mol. The number of piperidine rings is 1. The summed E-state index contributed by atoms with van der Waals surface area (Å²) in [5.74, 6) is 0.915. The van der Waals surface area contributed by atoms with Gasteiger partial charge in [0.05, 0.1) is 0 Å². The van der Waals surface area contributed by atoms with E-state index in [9.17, 15) is 0 Å². The molecule has 2 fully saturated rings. The minimum Gasteiger partial charge on any atom is -0.338 e. The Hall–Kier alpha value is -1.16. The number of aryl methyl sites for hydroxylation is 2. The fourth-order valence-electron chi connectivity index (χ4n) is 3.34. The maximum atomic E-state index is 4.55. The number of hydrogen-bond acceptors (Lipinski definition) is 4. The molecule has 2 aliphatic heterocycles. The lowest BCUT2D eigenvalue weighted by atomic mass is 9.98. The molecule has 0 aromatic carbocycles. The Morgan fingerprint density at radius 3 is 2.42 bits per heavy atom. The summed E-state index contributed by atoms with van der Waals surface area (Å²) in [5, 5.41) is 0. The molecule has 0 amide bonds. The predicted octanol–water partition coefficient (Wildman–Crippen LogP) is 2.16. The van der Waals surface area contributed by atoms with E-state index in [-0.39, 0.29) is 0 Å². The average molecular weight is 260 g/mol. The summed E-state index contributed by atoms with van der Waals surface area (Å²) >= 11 is 0. The third-order valence-electron chi connectivity index (χ3n) is 4.44. The Morgan fingerprint density at radius 1 is 1.11 bits per heavy atom. The molecular formula is C15H24N4. The summed E-state index contributed by atoms with van der Waals surface area (Å²) in [4.78, 5) is 14.1. The first-order valence-corrected chi connectivity index (χ1v) is 7.46. The van der Waals surface area contributed by atoms with Gasteiger partial charge in [-0.05, 0) is 46.2 Å². The Labute approximate surface area is 115 Å². The van der Waals surface area contributed by atoms with Gasteiger partial charge in [-0.15, -0.1) is 0 Å². The highest BCUT2D eigenvalue weighted by molar-refractivity contribution is 5.37. The SMILES string of the molecule is Cc1cc(C)nc(N2CC(N3CCCCC3C)C2)n1. The number of anilines is 1. The highest BCUT2D eigenvalue weighted by Crippen LogP contribution is 2.26. The van der Waals surface area contributed by atoms with E-state index in [1.54, 1.807) is 0 Å². The largest absolute Gasteiger partial charge is 0.338 e. The Kier molecular flexibility index (Phi) is 3.44. The van der Waals surface area contributed by atoms with Crippen LogP contribution < -0.4 is 4.90 Å². The van der Waals surface area contributed by atoms with E-state index in [1.165, 1.54) is 25.8 Å². The molecule has 1 aromatic heterocycles. The average Bonchev–Trinajstić information content (AvgIpc) is 2.28. The Bertz CT molecular complexity index is 433. The van der Waals surface area contributed by atoms with E-state index in [0.717, 1.165) is 36.5 Å². The molecule has 1 unspecified atom stereocenters. The molecular weight excluding hydrogens is 236 g/mol. The molecule has 0 saturated carbocycles. The van der Waals surface area contributed by atoms with E-state index >= 15 is 0 Å². The third kappa shape index (κ3) is 2.59. The van der Waals surface area contributed by atoms with Gasteiger partial charge in [0, 0.05) is 36.6 Å². The lowest BCUT2D eigenvalue weighted by Gasteiger charge is -2.49. The topological polar surface area (TPSA) is 32.3 Å². The zero-order valence-corrected chi connectivity index (χ0v) is 12.3. The van der Waals surface area contributed by atoms with Gasteiger partial charge in [0.25, 0.3) is 0 Å². The highest BCUT2D eigenvalue weighted by atomic mass is 15.4. The molecule has 0 aliphatic carbocycles. The van der Waals surface area contributed by atoms with Crippen molar-refractivity contribution in [3.63, 3.8) is 0 Å². The Balaban J connectivity index is 1.63. The van der Waals surface area contributed by atoms with E-state index in [1.807, 2.05) is 19.9 Å². The molecule has 2 saturated heterocycles. The lowest BCUT2D eigenvalue weighted by molar-refractivity contribution is 0.0869. The number of hydrogen-bond donors (Lipinski definition) is 0. The van der Waals surface area contributed by atoms with Crippen molar-refractivity contribution in [2.75, 3.05) is 24.5 Å². The summed E-state index contributed by atoms with van der Waals surface area (Å²) in [6.07, 6.45) is 4.12. The van der Waals surface area contributed by atoms with E-state index in [0.29, 0.717) is 6.04 Å². The van der Waals surface area contributed by atoms with Crippen LogP contribution in [0.1, 0.15) is 37.6 Å². The number of aromatic nitrogens is 2. The van der Waals surface area contributed by atoms with Crippen LogP contribution in [0, 0.1) is 13.8 Å². The fraction of sp³-hybridized carbons (Fsp3) is 0.733. The van der Waals surface area contributed by atoms with Crippen molar-refractivity contribution in [2.24, 2.45) is 0 Å². The first-order valence-electron chi connectivity index (χ1n) is 7.46. The van der Waals surface area contributed by atoms with Crippen molar-refractivity contribution in [1.29, 1.82) is 0 Å². The highest BCUT2D eigenvalue weighted by Gasteiger charge is 2.36. The quantitative estimate of drug-likeness (QED) is 0.815. The van der Waals surface area contributed by atoms with Gasteiger partial charge < -0.3 is 4.90 Å². The van der Waals surface area contributed by atoms with E-state index in [4.69, 9.17) is 0 Å². The molecule has 2 aliphatic rings. The second kappa shape index (κ2) is 5.08. The fourth-order valence-corrected chi connectivity index (χ4v) is 3.34. The molecule has 19 heavy (non-hydrogen) atoms. The molecule has 0 bridgehead atoms.